The van der Waals surface area contributed by atoms with E-state index in [0.29, 0.717) is 11.5 Å². The normalized spacial score (nSPS) is 18.9. The lowest BCUT2D eigenvalue weighted by Gasteiger charge is -2.31. The van der Waals surface area contributed by atoms with E-state index in [0.717, 1.165) is 12.8 Å². The van der Waals surface area contributed by atoms with Gasteiger partial charge in [-0.3, -0.25) is 0 Å². The monoisotopic (exact) mass is 193 g/mol. The Morgan fingerprint density at radius 1 is 1.29 bits per heavy atom. The summed E-state index contributed by atoms with van der Waals surface area (Å²) in [5, 5.41) is 18.9. The average Bonchev–Trinajstić information content (AvgIpc) is 2.06. The molecule has 1 aromatic rings. The quantitative estimate of drug-likeness (QED) is 0.628. The molecular weight excluding hydrogens is 178 g/mol. The Hall–Kier alpha value is -1.22. The van der Waals surface area contributed by atoms with Gasteiger partial charge in [-0.05, 0) is 37.0 Å². The van der Waals surface area contributed by atoms with Crippen LogP contribution in [0.5, 0.6) is 11.5 Å². The maximum Gasteiger partial charge on any atom is 0.120 e. The summed E-state index contributed by atoms with van der Waals surface area (Å²) >= 11 is 0. The maximum atomic E-state index is 9.58. The van der Waals surface area contributed by atoms with Crippen LogP contribution in [0.15, 0.2) is 18.2 Å². The minimum atomic E-state index is -0.143. The van der Waals surface area contributed by atoms with Crippen LogP contribution in [0.1, 0.15) is 30.9 Å². The van der Waals surface area contributed by atoms with E-state index in [1.807, 2.05) is 0 Å². The highest BCUT2D eigenvalue weighted by molar-refractivity contribution is 5.40. The van der Waals surface area contributed by atoms with Gasteiger partial charge in [0.25, 0.3) is 0 Å². The molecule has 1 aliphatic rings. The summed E-state index contributed by atoms with van der Waals surface area (Å²) in [5.41, 5.74) is 6.66. The number of rotatable bonds is 2. The topological polar surface area (TPSA) is 66.5 Å². The van der Waals surface area contributed by atoms with Gasteiger partial charge in [-0.15, -0.1) is 0 Å². The predicted molar refractivity (Wildman–Crippen MR) is 54.0 cm³/mol. The Bertz CT molecular complexity index is 334. The molecule has 1 unspecified atom stereocenters. The van der Waals surface area contributed by atoms with Crippen LogP contribution in [0, 0.1) is 5.92 Å². The van der Waals surface area contributed by atoms with Crippen molar-refractivity contribution in [3.63, 3.8) is 0 Å². The third kappa shape index (κ3) is 1.55. The second kappa shape index (κ2) is 3.50. The minimum Gasteiger partial charge on any atom is -0.508 e. The molecule has 0 aliphatic heterocycles. The first kappa shape index (κ1) is 9.34. The molecule has 4 N–H and O–H groups in total. The van der Waals surface area contributed by atoms with Crippen LogP contribution in [-0.4, -0.2) is 10.2 Å². The van der Waals surface area contributed by atoms with Gasteiger partial charge in [0.2, 0.25) is 0 Å². The van der Waals surface area contributed by atoms with Crippen LogP contribution in [0.2, 0.25) is 0 Å². The van der Waals surface area contributed by atoms with Gasteiger partial charge in [-0.2, -0.15) is 0 Å². The summed E-state index contributed by atoms with van der Waals surface area (Å²) in [6.07, 6.45) is 3.46. The molecule has 0 heterocycles. The number of aromatic hydroxyl groups is 2. The third-order valence-corrected chi connectivity index (χ3v) is 3.03. The molecule has 2 rings (SSSR count). The molecule has 3 heteroatoms. The Balaban J connectivity index is 2.24. The van der Waals surface area contributed by atoms with Crippen molar-refractivity contribution in [2.45, 2.75) is 25.3 Å². The van der Waals surface area contributed by atoms with Gasteiger partial charge >= 0.3 is 0 Å². The molecule has 0 bridgehead atoms. The summed E-state index contributed by atoms with van der Waals surface area (Å²) in [6, 6.07) is 4.37. The van der Waals surface area contributed by atoms with Gasteiger partial charge < -0.3 is 15.9 Å². The SMILES string of the molecule is NC(c1cc(O)ccc1O)C1CCC1. The fourth-order valence-electron chi connectivity index (χ4n) is 1.86. The molecule has 0 aromatic heterocycles. The lowest BCUT2D eigenvalue weighted by molar-refractivity contribution is 0.260. The molecule has 0 radical (unpaired) electrons. The van der Waals surface area contributed by atoms with Crippen LogP contribution in [0.25, 0.3) is 0 Å². The molecule has 1 atom stereocenters. The molecule has 0 saturated heterocycles. The average molecular weight is 193 g/mol. The zero-order valence-corrected chi connectivity index (χ0v) is 7.98. The van der Waals surface area contributed by atoms with Gasteiger partial charge in [0.1, 0.15) is 11.5 Å². The largest absolute Gasteiger partial charge is 0.508 e. The molecule has 76 valence electrons. The van der Waals surface area contributed by atoms with Crippen molar-refractivity contribution in [3.8, 4) is 11.5 Å². The van der Waals surface area contributed by atoms with E-state index >= 15 is 0 Å². The standard InChI is InChI=1S/C11H15NO2/c12-11(7-2-1-3-7)9-6-8(13)4-5-10(9)14/h4-7,11,13-14H,1-3,12H2. The first-order valence-corrected chi connectivity index (χ1v) is 4.96. The summed E-state index contributed by atoms with van der Waals surface area (Å²) in [7, 11) is 0. The van der Waals surface area contributed by atoms with Crippen molar-refractivity contribution in [1.29, 1.82) is 0 Å². The van der Waals surface area contributed by atoms with E-state index < -0.39 is 0 Å². The van der Waals surface area contributed by atoms with E-state index in [1.165, 1.54) is 18.6 Å². The van der Waals surface area contributed by atoms with Gasteiger partial charge in [0, 0.05) is 11.6 Å². The van der Waals surface area contributed by atoms with Gasteiger partial charge in [-0.1, -0.05) is 6.42 Å². The first-order valence-electron chi connectivity index (χ1n) is 4.96. The molecule has 0 amide bonds. The number of nitrogens with two attached hydrogens (primary N) is 1. The molecule has 0 spiro atoms. The van der Waals surface area contributed by atoms with Gasteiger partial charge in [-0.25, -0.2) is 0 Å². The molecular formula is C11H15NO2. The highest BCUT2D eigenvalue weighted by Crippen LogP contribution is 2.39. The van der Waals surface area contributed by atoms with Crippen LogP contribution in [0.3, 0.4) is 0 Å². The zero-order chi connectivity index (χ0) is 10.1. The molecule has 1 aliphatic carbocycles. The number of hydrogen-bond acceptors (Lipinski definition) is 3. The fraction of sp³-hybridized carbons (Fsp3) is 0.455. The van der Waals surface area contributed by atoms with E-state index in [9.17, 15) is 10.2 Å². The number of phenolic OH excluding ortho intramolecular Hbond substituents is 2. The zero-order valence-electron chi connectivity index (χ0n) is 7.98. The van der Waals surface area contributed by atoms with Crippen LogP contribution in [0.4, 0.5) is 0 Å². The van der Waals surface area contributed by atoms with Gasteiger partial charge in [0.15, 0.2) is 0 Å². The van der Waals surface area contributed by atoms with E-state index in [2.05, 4.69) is 0 Å². The number of hydrogen-bond donors (Lipinski definition) is 3. The van der Waals surface area contributed by atoms with E-state index in [-0.39, 0.29) is 17.5 Å². The summed E-state index contributed by atoms with van der Waals surface area (Å²) in [5.74, 6) is 0.803. The molecule has 14 heavy (non-hydrogen) atoms. The van der Waals surface area contributed by atoms with Crippen molar-refractivity contribution < 1.29 is 10.2 Å². The summed E-state index contributed by atoms with van der Waals surface area (Å²) in [6.45, 7) is 0. The molecule has 1 fully saturated rings. The third-order valence-electron chi connectivity index (χ3n) is 3.03. The van der Waals surface area contributed by atoms with Crippen molar-refractivity contribution in [1.82, 2.24) is 0 Å². The second-order valence-corrected chi connectivity index (χ2v) is 3.96. The Morgan fingerprint density at radius 3 is 2.57 bits per heavy atom. The lowest BCUT2D eigenvalue weighted by atomic mass is 9.77. The molecule has 1 saturated carbocycles. The Morgan fingerprint density at radius 2 is 2.00 bits per heavy atom. The number of benzene rings is 1. The molecule has 1 aromatic carbocycles. The Kier molecular flexibility index (Phi) is 2.33. The fourth-order valence-corrected chi connectivity index (χ4v) is 1.86. The van der Waals surface area contributed by atoms with Crippen molar-refractivity contribution in [2.24, 2.45) is 11.7 Å². The van der Waals surface area contributed by atoms with Crippen molar-refractivity contribution in [3.05, 3.63) is 23.8 Å². The minimum absolute atomic E-state index is 0.143. The maximum absolute atomic E-state index is 9.58. The lowest BCUT2D eigenvalue weighted by Crippen LogP contribution is -2.26. The Labute approximate surface area is 83.2 Å². The first-order chi connectivity index (χ1) is 6.68. The molecule has 3 nitrogen and oxygen atoms in total. The highest BCUT2D eigenvalue weighted by atomic mass is 16.3. The summed E-state index contributed by atoms with van der Waals surface area (Å²) in [4.78, 5) is 0. The van der Waals surface area contributed by atoms with Crippen LogP contribution >= 0.6 is 0 Å². The van der Waals surface area contributed by atoms with Crippen molar-refractivity contribution in [2.75, 3.05) is 0 Å². The van der Waals surface area contributed by atoms with E-state index in [1.54, 1.807) is 6.07 Å². The van der Waals surface area contributed by atoms with Crippen LogP contribution < -0.4 is 5.73 Å². The second-order valence-electron chi connectivity index (χ2n) is 3.96. The van der Waals surface area contributed by atoms with Gasteiger partial charge in [0.05, 0.1) is 0 Å². The summed E-state index contributed by atoms with van der Waals surface area (Å²) < 4.78 is 0. The van der Waals surface area contributed by atoms with Crippen LogP contribution in [-0.2, 0) is 0 Å². The predicted octanol–water partition coefficient (Wildman–Crippen LogP) is 1.90. The smallest absolute Gasteiger partial charge is 0.120 e. The highest BCUT2D eigenvalue weighted by Gasteiger charge is 2.27. The van der Waals surface area contributed by atoms with Crippen molar-refractivity contribution >= 4 is 0 Å². The van der Waals surface area contributed by atoms with E-state index in [4.69, 9.17) is 5.73 Å². The number of phenols is 2.